The molecule has 0 fully saturated rings. The zero-order valence-electron chi connectivity index (χ0n) is 9.93. The second-order valence-corrected chi connectivity index (χ2v) is 3.88. The van der Waals surface area contributed by atoms with E-state index in [1.165, 1.54) is 0 Å². The Kier molecular flexibility index (Phi) is 4.35. The van der Waals surface area contributed by atoms with E-state index in [0.717, 1.165) is 11.3 Å². The first-order valence-corrected chi connectivity index (χ1v) is 5.47. The molecule has 0 aromatic heterocycles. The number of aliphatic carboxylic acids is 1. The highest BCUT2D eigenvalue weighted by atomic mass is 16.5. The summed E-state index contributed by atoms with van der Waals surface area (Å²) in [6.45, 7) is 3.82. The summed E-state index contributed by atoms with van der Waals surface area (Å²) in [5.74, 6) is -0.398. The van der Waals surface area contributed by atoms with Gasteiger partial charge in [0.05, 0.1) is 13.0 Å². The van der Waals surface area contributed by atoms with Crippen LogP contribution in [0.5, 0.6) is 5.75 Å². The van der Waals surface area contributed by atoms with Crippen molar-refractivity contribution in [2.45, 2.75) is 26.2 Å². The van der Waals surface area contributed by atoms with Gasteiger partial charge in [-0.3, -0.25) is 4.79 Å². The van der Waals surface area contributed by atoms with Crippen LogP contribution < -0.4 is 4.74 Å². The molecule has 1 aromatic rings. The average molecular weight is 222 g/mol. The lowest BCUT2D eigenvalue weighted by Crippen LogP contribution is -2.19. The molecule has 1 rings (SSSR count). The molecule has 1 aromatic carbocycles. The van der Waals surface area contributed by atoms with Crippen LogP contribution in [0.2, 0.25) is 0 Å². The van der Waals surface area contributed by atoms with Gasteiger partial charge < -0.3 is 9.84 Å². The first kappa shape index (κ1) is 12.6. The molecule has 0 aliphatic heterocycles. The third-order valence-electron chi connectivity index (χ3n) is 2.99. The van der Waals surface area contributed by atoms with Gasteiger partial charge in [-0.15, -0.1) is 0 Å². The highest BCUT2D eigenvalue weighted by molar-refractivity contribution is 5.71. The van der Waals surface area contributed by atoms with E-state index in [1.54, 1.807) is 7.11 Å². The Morgan fingerprint density at radius 3 is 2.56 bits per heavy atom. The van der Waals surface area contributed by atoms with Gasteiger partial charge >= 0.3 is 5.97 Å². The van der Waals surface area contributed by atoms with E-state index in [4.69, 9.17) is 9.84 Å². The molecule has 0 radical (unpaired) electrons. The van der Waals surface area contributed by atoms with Crippen LogP contribution in [0, 0.1) is 5.92 Å². The average Bonchev–Trinajstić information content (AvgIpc) is 2.29. The summed E-state index contributed by atoms with van der Waals surface area (Å²) < 4.78 is 5.25. The van der Waals surface area contributed by atoms with Crippen LogP contribution in [-0.4, -0.2) is 18.2 Å². The lowest BCUT2D eigenvalue weighted by Gasteiger charge is -2.21. The second kappa shape index (κ2) is 5.54. The van der Waals surface area contributed by atoms with E-state index in [-0.39, 0.29) is 11.8 Å². The van der Waals surface area contributed by atoms with Crippen molar-refractivity contribution in [3.63, 3.8) is 0 Å². The van der Waals surface area contributed by atoms with Crippen LogP contribution in [0.3, 0.4) is 0 Å². The summed E-state index contributed by atoms with van der Waals surface area (Å²) in [6, 6.07) is 7.58. The highest BCUT2D eigenvalue weighted by Gasteiger charge is 2.25. The van der Waals surface area contributed by atoms with E-state index < -0.39 is 5.97 Å². The lowest BCUT2D eigenvalue weighted by molar-refractivity contribution is -0.142. The van der Waals surface area contributed by atoms with Gasteiger partial charge in [0, 0.05) is 0 Å². The summed E-state index contributed by atoms with van der Waals surface area (Å²) in [5.41, 5.74) is 0.958. The topological polar surface area (TPSA) is 46.5 Å². The molecular formula is C13H18O3. The van der Waals surface area contributed by atoms with Crippen molar-refractivity contribution in [1.29, 1.82) is 0 Å². The van der Waals surface area contributed by atoms with Crippen molar-refractivity contribution in [3.05, 3.63) is 29.8 Å². The number of ether oxygens (including phenoxy) is 1. The molecule has 0 saturated carbocycles. The molecule has 0 saturated heterocycles. The molecule has 2 unspecified atom stereocenters. The maximum Gasteiger partial charge on any atom is 0.307 e. The standard InChI is InChI=1S/C13H18O3/c1-4-10(13(14)15)9(2)11-7-5-6-8-12(11)16-3/h5-10H,4H2,1-3H3,(H,14,15). The van der Waals surface area contributed by atoms with Gasteiger partial charge in [0.1, 0.15) is 5.75 Å². The molecule has 0 aliphatic rings. The largest absolute Gasteiger partial charge is 0.496 e. The second-order valence-electron chi connectivity index (χ2n) is 3.88. The first-order chi connectivity index (χ1) is 7.61. The van der Waals surface area contributed by atoms with Crippen molar-refractivity contribution >= 4 is 5.97 Å². The normalized spacial score (nSPS) is 14.2. The molecule has 1 N–H and O–H groups in total. The molecule has 0 bridgehead atoms. The minimum Gasteiger partial charge on any atom is -0.496 e. The number of para-hydroxylation sites is 1. The van der Waals surface area contributed by atoms with Crippen molar-refractivity contribution in [3.8, 4) is 5.75 Å². The van der Waals surface area contributed by atoms with Crippen LogP contribution in [0.4, 0.5) is 0 Å². The van der Waals surface area contributed by atoms with Gasteiger partial charge in [0.15, 0.2) is 0 Å². The fourth-order valence-corrected chi connectivity index (χ4v) is 2.00. The van der Waals surface area contributed by atoms with Gasteiger partial charge in [0.2, 0.25) is 0 Å². The Morgan fingerprint density at radius 2 is 2.06 bits per heavy atom. The smallest absolute Gasteiger partial charge is 0.307 e. The summed E-state index contributed by atoms with van der Waals surface area (Å²) in [7, 11) is 1.60. The van der Waals surface area contributed by atoms with Gasteiger partial charge in [0.25, 0.3) is 0 Å². The molecule has 16 heavy (non-hydrogen) atoms. The monoisotopic (exact) mass is 222 g/mol. The van der Waals surface area contributed by atoms with Gasteiger partial charge in [-0.25, -0.2) is 0 Å². The third-order valence-corrected chi connectivity index (χ3v) is 2.99. The predicted octanol–water partition coefficient (Wildman–Crippen LogP) is 2.91. The van der Waals surface area contributed by atoms with Crippen molar-refractivity contribution in [2.24, 2.45) is 5.92 Å². The zero-order valence-corrected chi connectivity index (χ0v) is 9.93. The quantitative estimate of drug-likeness (QED) is 0.833. The Hall–Kier alpha value is -1.51. The van der Waals surface area contributed by atoms with Crippen LogP contribution in [0.25, 0.3) is 0 Å². The SMILES string of the molecule is CCC(C(=O)O)C(C)c1ccccc1OC. The van der Waals surface area contributed by atoms with Gasteiger partial charge in [-0.2, -0.15) is 0 Å². The van der Waals surface area contributed by atoms with E-state index >= 15 is 0 Å². The number of carbonyl (C=O) groups is 1. The van der Waals surface area contributed by atoms with Crippen LogP contribution >= 0.6 is 0 Å². The molecule has 0 amide bonds. The van der Waals surface area contributed by atoms with Gasteiger partial charge in [-0.1, -0.05) is 32.0 Å². The molecule has 0 heterocycles. The number of rotatable bonds is 5. The molecule has 88 valence electrons. The van der Waals surface area contributed by atoms with Crippen LogP contribution in [0.15, 0.2) is 24.3 Å². The van der Waals surface area contributed by atoms with Crippen molar-refractivity contribution in [2.75, 3.05) is 7.11 Å². The van der Waals surface area contributed by atoms with Crippen molar-refractivity contribution in [1.82, 2.24) is 0 Å². The maximum absolute atomic E-state index is 11.1. The molecule has 0 aliphatic carbocycles. The Labute approximate surface area is 96.1 Å². The molecule has 3 heteroatoms. The first-order valence-electron chi connectivity index (χ1n) is 5.47. The Bertz CT molecular complexity index is 360. The van der Waals surface area contributed by atoms with Crippen LogP contribution in [-0.2, 0) is 4.79 Å². The van der Waals surface area contributed by atoms with E-state index in [9.17, 15) is 4.79 Å². The number of carboxylic acid groups (broad SMARTS) is 1. The Morgan fingerprint density at radius 1 is 1.44 bits per heavy atom. The van der Waals surface area contributed by atoms with E-state index in [1.807, 2.05) is 38.1 Å². The minimum atomic E-state index is -0.749. The number of benzene rings is 1. The predicted molar refractivity (Wildman–Crippen MR) is 62.8 cm³/mol. The zero-order chi connectivity index (χ0) is 12.1. The molecule has 0 spiro atoms. The number of methoxy groups -OCH3 is 1. The van der Waals surface area contributed by atoms with Crippen LogP contribution in [0.1, 0.15) is 31.7 Å². The lowest BCUT2D eigenvalue weighted by atomic mass is 9.85. The summed E-state index contributed by atoms with van der Waals surface area (Å²) in [6.07, 6.45) is 0.620. The number of carboxylic acids is 1. The Balaban J connectivity index is 3.02. The summed E-state index contributed by atoms with van der Waals surface area (Å²) >= 11 is 0. The molecular weight excluding hydrogens is 204 g/mol. The maximum atomic E-state index is 11.1. The van der Waals surface area contributed by atoms with Gasteiger partial charge in [-0.05, 0) is 24.0 Å². The summed E-state index contributed by atoms with van der Waals surface area (Å²) in [4.78, 5) is 11.1. The minimum absolute atomic E-state index is 0.0429. The fourth-order valence-electron chi connectivity index (χ4n) is 2.00. The number of hydrogen-bond donors (Lipinski definition) is 1. The third kappa shape index (κ3) is 2.54. The highest BCUT2D eigenvalue weighted by Crippen LogP contribution is 2.33. The summed E-state index contributed by atoms with van der Waals surface area (Å²) in [5, 5.41) is 9.13. The van der Waals surface area contributed by atoms with E-state index in [2.05, 4.69) is 0 Å². The van der Waals surface area contributed by atoms with Crippen molar-refractivity contribution < 1.29 is 14.6 Å². The molecule has 3 nitrogen and oxygen atoms in total. The number of hydrogen-bond acceptors (Lipinski definition) is 2. The van der Waals surface area contributed by atoms with E-state index in [0.29, 0.717) is 6.42 Å². The molecule has 2 atom stereocenters. The fraction of sp³-hybridized carbons (Fsp3) is 0.462.